The molecule has 0 aliphatic heterocycles. The van der Waals surface area contributed by atoms with Crippen LogP contribution in [0.3, 0.4) is 0 Å². The molecule has 22 heavy (non-hydrogen) atoms. The summed E-state index contributed by atoms with van der Waals surface area (Å²) >= 11 is 1.61. The molecule has 0 saturated heterocycles. The van der Waals surface area contributed by atoms with Crippen LogP contribution in [0.25, 0.3) is 10.9 Å². The lowest BCUT2D eigenvalue weighted by Gasteiger charge is -2.23. The molecule has 5 heteroatoms. The first-order chi connectivity index (χ1) is 10.8. The smallest absolute Gasteiger partial charge is 0.259 e. The molecule has 0 bridgehead atoms. The molecule has 4 rings (SSSR count). The summed E-state index contributed by atoms with van der Waals surface area (Å²) in [7, 11) is 0. The fourth-order valence-electron chi connectivity index (χ4n) is 2.94. The number of nitrogens with zero attached hydrogens (tertiary/aromatic N) is 2. The zero-order valence-electron chi connectivity index (χ0n) is 12.0. The number of aryl methyl sites for hydroxylation is 1. The Bertz CT molecular complexity index is 890. The topological polar surface area (TPSA) is 58.6 Å². The van der Waals surface area contributed by atoms with E-state index in [0.29, 0.717) is 10.5 Å². The molecule has 0 saturated carbocycles. The molecular formula is C17H15N3OS. The number of nitrogens with one attached hydrogen (secondary N) is 1. The Morgan fingerprint density at radius 1 is 1.18 bits per heavy atom. The van der Waals surface area contributed by atoms with Crippen LogP contribution in [0.4, 0.5) is 0 Å². The van der Waals surface area contributed by atoms with Gasteiger partial charge in [0.15, 0.2) is 5.16 Å². The number of aromatic nitrogens is 3. The van der Waals surface area contributed by atoms with Gasteiger partial charge in [-0.25, -0.2) is 4.98 Å². The summed E-state index contributed by atoms with van der Waals surface area (Å²) in [6, 6.07) is 11.6. The molecule has 0 radical (unpaired) electrons. The van der Waals surface area contributed by atoms with Crippen LogP contribution in [0, 0.1) is 0 Å². The van der Waals surface area contributed by atoms with Gasteiger partial charge in [0, 0.05) is 6.20 Å². The van der Waals surface area contributed by atoms with Crippen molar-refractivity contribution in [1.82, 2.24) is 15.0 Å². The van der Waals surface area contributed by atoms with Gasteiger partial charge >= 0.3 is 0 Å². The number of para-hydroxylation sites is 1. The average Bonchev–Trinajstić information content (AvgIpc) is 2.55. The number of benzene rings is 1. The van der Waals surface area contributed by atoms with E-state index in [9.17, 15) is 4.79 Å². The van der Waals surface area contributed by atoms with Crippen LogP contribution in [0.1, 0.15) is 29.3 Å². The van der Waals surface area contributed by atoms with E-state index in [2.05, 4.69) is 21.0 Å². The maximum atomic E-state index is 12.2. The maximum Gasteiger partial charge on any atom is 0.259 e. The van der Waals surface area contributed by atoms with Crippen molar-refractivity contribution in [2.75, 3.05) is 0 Å². The Morgan fingerprint density at radius 3 is 3.05 bits per heavy atom. The van der Waals surface area contributed by atoms with Crippen molar-refractivity contribution in [3.8, 4) is 0 Å². The first kappa shape index (κ1) is 13.5. The van der Waals surface area contributed by atoms with E-state index in [4.69, 9.17) is 0 Å². The third-order valence-electron chi connectivity index (χ3n) is 3.99. The van der Waals surface area contributed by atoms with Crippen molar-refractivity contribution in [1.29, 1.82) is 0 Å². The molecule has 1 unspecified atom stereocenters. The number of fused-ring (bicyclic) bond motifs is 2. The number of hydrogen-bond acceptors (Lipinski definition) is 4. The van der Waals surface area contributed by atoms with E-state index >= 15 is 0 Å². The minimum atomic E-state index is -0.0786. The van der Waals surface area contributed by atoms with Crippen LogP contribution < -0.4 is 5.56 Å². The van der Waals surface area contributed by atoms with E-state index in [1.165, 1.54) is 5.56 Å². The highest BCUT2D eigenvalue weighted by Crippen LogP contribution is 2.40. The van der Waals surface area contributed by atoms with Gasteiger partial charge in [-0.2, -0.15) is 0 Å². The van der Waals surface area contributed by atoms with Crippen molar-refractivity contribution < 1.29 is 0 Å². The number of rotatable bonds is 2. The number of aromatic amines is 1. The van der Waals surface area contributed by atoms with E-state index in [0.717, 1.165) is 30.5 Å². The van der Waals surface area contributed by atoms with Gasteiger partial charge < -0.3 is 4.98 Å². The molecule has 2 aromatic heterocycles. The summed E-state index contributed by atoms with van der Waals surface area (Å²) in [4.78, 5) is 24.2. The summed E-state index contributed by atoms with van der Waals surface area (Å²) in [5, 5.41) is 1.57. The van der Waals surface area contributed by atoms with Crippen LogP contribution >= 0.6 is 11.8 Å². The second kappa shape index (κ2) is 5.57. The highest BCUT2D eigenvalue weighted by molar-refractivity contribution is 7.99. The largest absolute Gasteiger partial charge is 0.301 e. The van der Waals surface area contributed by atoms with Crippen LogP contribution in [0.15, 0.2) is 52.5 Å². The molecule has 0 spiro atoms. The van der Waals surface area contributed by atoms with Gasteiger partial charge in [0.05, 0.1) is 21.8 Å². The Hall–Kier alpha value is -2.14. The normalized spacial score (nSPS) is 17.4. The minimum absolute atomic E-state index is 0.0786. The standard InChI is InChI=1S/C17H15N3OS/c21-16-12-7-1-2-8-13(12)19-17(20-16)22-14-9-3-5-11-6-4-10-18-15(11)14/h1-2,4,6-8,10,14H,3,5,9H2,(H,19,20,21). The molecule has 1 aliphatic rings. The second-order valence-electron chi connectivity index (χ2n) is 5.43. The van der Waals surface area contributed by atoms with E-state index in [1.54, 1.807) is 17.8 Å². The molecule has 4 nitrogen and oxygen atoms in total. The molecular weight excluding hydrogens is 294 g/mol. The van der Waals surface area contributed by atoms with Crippen molar-refractivity contribution >= 4 is 22.7 Å². The third kappa shape index (κ3) is 2.41. The van der Waals surface area contributed by atoms with Crippen molar-refractivity contribution in [2.24, 2.45) is 0 Å². The zero-order chi connectivity index (χ0) is 14.9. The summed E-state index contributed by atoms with van der Waals surface area (Å²) in [5.74, 6) is 0. The molecule has 0 fully saturated rings. The first-order valence-electron chi connectivity index (χ1n) is 7.41. The monoisotopic (exact) mass is 309 g/mol. The number of pyridine rings is 1. The lowest BCUT2D eigenvalue weighted by molar-refractivity contribution is 0.654. The van der Waals surface area contributed by atoms with Crippen LogP contribution in [0.2, 0.25) is 0 Å². The highest BCUT2D eigenvalue weighted by atomic mass is 32.2. The molecule has 1 atom stereocenters. The van der Waals surface area contributed by atoms with E-state index in [1.807, 2.05) is 30.5 Å². The van der Waals surface area contributed by atoms with Crippen molar-refractivity contribution in [3.05, 3.63) is 64.2 Å². The predicted octanol–water partition coefficient (Wildman–Crippen LogP) is 3.49. The van der Waals surface area contributed by atoms with Gasteiger partial charge in [-0.05, 0) is 43.0 Å². The van der Waals surface area contributed by atoms with Crippen molar-refractivity contribution in [3.63, 3.8) is 0 Å². The van der Waals surface area contributed by atoms with Gasteiger partial charge in [-0.15, -0.1) is 0 Å². The fraction of sp³-hybridized carbons (Fsp3) is 0.235. The Morgan fingerprint density at radius 2 is 2.09 bits per heavy atom. The van der Waals surface area contributed by atoms with Gasteiger partial charge in [-0.1, -0.05) is 30.0 Å². The average molecular weight is 309 g/mol. The summed E-state index contributed by atoms with van der Waals surface area (Å²) in [6.45, 7) is 0. The third-order valence-corrected chi connectivity index (χ3v) is 5.15. The van der Waals surface area contributed by atoms with Gasteiger partial charge in [-0.3, -0.25) is 9.78 Å². The van der Waals surface area contributed by atoms with Crippen LogP contribution in [-0.4, -0.2) is 15.0 Å². The summed E-state index contributed by atoms with van der Waals surface area (Å²) in [5.41, 5.74) is 3.11. The fourth-order valence-corrected chi connectivity index (χ4v) is 4.12. The van der Waals surface area contributed by atoms with Gasteiger partial charge in [0.2, 0.25) is 0 Å². The predicted molar refractivity (Wildman–Crippen MR) is 88.1 cm³/mol. The molecule has 1 aliphatic carbocycles. The molecule has 2 heterocycles. The molecule has 1 aromatic carbocycles. The summed E-state index contributed by atoms with van der Waals surface area (Å²) in [6.07, 6.45) is 5.13. The van der Waals surface area contributed by atoms with E-state index < -0.39 is 0 Å². The quantitative estimate of drug-likeness (QED) is 0.736. The number of H-pyrrole nitrogens is 1. The second-order valence-corrected chi connectivity index (χ2v) is 6.63. The Labute approximate surface area is 132 Å². The maximum absolute atomic E-state index is 12.2. The van der Waals surface area contributed by atoms with Crippen molar-refractivity contribution in [2.45, 2.75) is 29.7 Å². The number of thioether (sulfide) groups is 1. The van der Waals surface area contributed by atoms with E-state index in [-0.39, 0.29) is 10.8 Å². The molecule has 110 valence electrons. The lowest BCUT2D eigenvalue weighted by Crippen LogP contribution is -2.12. The highest BCUT2D eigenvalue weighted by Gasteiger charge is 2.23. The SMILES string of the molecule is O=c1[nH]c(SC2CCCc3cccnc32)nc2ccccc12. The molecule has 0 amide bonds. The Balaban J connectivity index is 1.72. The minimum Gasteiger partial charge on any atom is -0.301 e. The first-order valence-corrected chi connectivity index (χ1v) is 8.29. The van der Waals surface area contributed by atoms with Gasteiger partial charge in [0.25, 0.3) is 5.56 Å². The lowest BCUT2D eigenvalue weighted by atomic mass is 9.96. The van der Waals surface area contributed by atoms with Crippen LogP contribution in [-0.2, 0) is 6.42 Å². The van der Waals surface area contributed by atoms with Gasteiger partial charge in [0.1, 0.15) is 0 Å². The number of hydrogen-bond donors (Lipinski definition) is 1. The van der Waals surface area contributed by atoms with Crippen LogP contribution in [0.5, 0.6) is 0 Å². The molecule has 1 N–H and O–H groups in total. The summed E-state index contributed by atoms with van der Waals surface area (Å²) < 4.78 is 0. The zero-order valence-corrected chi connectivity index (χ0v) is 12.8. The molecule has 3 aromatic rings. The Kier molecular flexibility index (Phi) is 3.42.